The zero-order valence-corrected chi connectivity index (χ0v) is 14.2. The molecule has 0 fully saturated rings. The second-order valence-corrected chi connectivity index (χ2v) is 7.37. The van der Waals surface area contributed by atoms with E-state index in [1.807, 2.05) is 13.0 Å². The number of sulfone groups is 1. The number of nitrogens with one attached hydrogen (secondary N) is 2. The molecule has 0 aromatic heterocycles. The number of aryl methyl sites for hydroxylation is 1. The molecule has 2 N–H and O–H groups in total. The van der Waals surface area contributed by atoms with E-state index in [9.17, 15) is 18.0 Å². The smallest absolute Gasteiger partial charge is 0.239 e. The first kappa shape index (κ1) is 17.7. The maximum Gasteiger partial charge on any atom is 0.239 e. The van der Waals surface area contributed by atoms with Crippen LogP contribution in [-0.4, -0.2) is 26.0 Å². The zero-order chi connectivity index (χ0) is 17.7. The van der Waals surface area contributed by atoms with Crippen molar-refractivity contribution in [2.45, 2.75) is 18.7 Å². The highest BCUT2D eigenvalue weighted by Gasteiger charge is 2.19. The maximum atomic E-state index is 12.3. The van der Waals surface area contributed by atoms with E-state index in [0.29, 0.717) is 11.4 Å². The number of rotatable bonds is 5. The Hall–Kier alpha value is -2.67. The van der Waals surface area contributed by atoms with E-state index in [1.165, 1.54) is 31.2 Å². The minimum Gasteiger partial charge on any atom is -0.326 e. The van der Waals surface area contributed by atoms with Gasteiger partial charge in [0, 0.05) is 18.3 Å². The first-order chi connectivity index (χ1) is 11.3. The largest absolute Gasteiger partial charge is 0.326 e. The third kappa shape index (κ3) is 4.92. The molecule has 0 aliphatic heterocycles. The van der Waals surface area contributed by atoms with Crippen molar-refractivity contribution in [1.29, 1.82) is 0 Å². The molecule has 0 atom stereocenters. The molecule has 2 aromatic rings. The molecule has 0 radical (unpaired) electrons. The average Bonchev–Trinajstić information content (AvgIpc) is 2.46. The summed E-state index contributed by atoms with van der Waals surface area (Å²) in [5, 5.41) is 5.12. The summed E-state index contributed by atoms with van der Waals surface area (Å²) in [4.78, 5) is 23.0. The molecule has 0 saturated carbocycles. The Morgan fingerprint density at radius 2 is 1.62 bits per heavy atom. The topological polar surface area (TPSA) is 92.3 Å². The molecule has 7 heteroatoms. The van der Waals surface area contributed by atoms with Gasteiger partial charge in [-0.25, -0.2) is 8.42 Å². The SMILES string of the molecule is CC(=O)Nc1ccc(S(=O)(=O)CC(=O)Nc2cccc(C)c2)cc1. The van der Waals surface area contributed by atoms with Gasteiger partial charge in [-0.3, -0.25) is 9.59 Å². The highest BCUT2D eigenvalue weighted by Crippen LogP contribution is 2.16. The van der Waals surface area contributed by atoms with Gasteiger partial charge in [-0.2, -0.15) is 0 Å². The highest BCUT2D eigenvalue weighted by molar-refractivity contribution is 7.92. The minimum absolute atomic E-state index is 0.0241. The minimum atomic E-state index is -3.76. The van der Waals surface area contributed by atoms with Crippen molar-refractivity contribution >= 4 is 33.0 Å². The van der Waals surface area contributed by atoms with Crippen LogP contribution in [0.4, 0.5) is 11.4 Å². The van der Waals surface area contributed by atoms with E-state index in [-0.39, 0.29) is 10.8 Å². The van der Waals surface area contributed by atoms with E-state index in [2.05, 4.69) is 10.6 Å². The Kier molecular flexibility index (Phi) is 5.35. The second kappa shape index (κ2) is 7.27. The monoisotopic (exact) mass is 346 g/mol. The highest BCUT2D eigenvalue weighted by atomic mass is 32.2. The van der Waals surface area contributed by atoms with Crippen LogP contribution in [0.1, 0.15) is 12.5 Å². The van der Waals surface area contributed by atoms with Gasteiger partial charge < -0.3 is 10.6 Å². The summed E-state index contributed by atoms with van der Waals surface area (Å²) in [6.07, 6.45) is 0. The molecule has 2 aromatic carbocycles. The van der Waals surface area contributed by atoms with Gasteiger partial charge in [-0.15, -0.1) is 0 Å². The molecule has 0 heterocycles. The molecule has 0 saturated heterocycles. The number of carbonyl (C=O) groups excluding carboxylic acids is 2. The van der Waals surface area contributed by atoms with Crippen molar-refractivity contribution in [1.82, 2.24) is 0 Å². The van der Waals surface area contributed by atoms with Gasteiger partial charge in [0.1, 0.15) is 5.75 Å². The van der Waals surface area contributed by atoms with Crippen molar-refractivity contribution in [3.8, 4) is 0 Å². The van der Waals surface area contributed by atoms with Crippen molar-refractivity contribution in [3.05, 3.63) is 54.1 Å². The van der Waals surface area contributed by atoms with Crippen LogP contribution < -0.4 is 10.6 Å². The maximum absolute atomic E-state index is 12.3. The number of anilines is 2. The molecule has 6 nitrogen and oxygen atoms in total. The molecule has 126 valence electrons. The lowest BCUT2D eigenvalue weighted by molar-refractivity contribution is -0.114. The summed E-state index contributed by atoms with van der Waals surface area (Å²) in [7, 11) is -3.76. The number of amides is 2. The van der Waals surface area contributed by atoms with Gasteiger partial charge in [0.2, 0.25) is 11.8 Å². The Labute approximate surface area is 140 Å². The van der Waals surface area contributed by atoms with Crippen LogP contribution in [0.25, 0.3) is 0 Å². The first-order valence-corrected chi connectivity index (χ1v) is 8.88. The van der Waals surface area contributed by atoms with Crippen molar-refractivity contribution < 1.29 is 18.0 Å². The summed E-state index contributed by atoms with van der Waals surface area (Å²) in [5.74, 6) is -1.50. The third-order valence-corrected chi connectivity index (χ3v) is 4.79. The van der Waals surface area contributed by atoms with Gasteiger partial charge in [-0.05, 0) is 48.9 Å². The first-order valence-electron chi connectivity index (χ1n) is 7.23. The van der Waals surface area contributed by atoms with Crippen molar-refractivity contribution in [2.75, 3.05) is 16.4 Å². The summed E-state index contributed by atoms with van der Waals surface area (Å²) < 4.78 is 24.6. The molecular weight excluding hydrogens is 328 g/mol. The summed E-state index contributed by atoms with van der Waals surface area (Å²) in [6, 6.07) is 12.8. The lowest BCUT2D eigenvalue weighted by Crippen LogP contribution is -2.23. The summed E-state index contributed by atoms with van der Waals surface area (Å²) in [6.45, 7) is 3.24. The van der Waals surface area contributed by atoms with Crippen LogP contribution in [0.3, 0.4) is 0 Å². The average molecular weight is 346 g/mol. The lowest BCUT2D eigenvalue weighted by Gasteiger charge is -2.08. The van der Waals surface area contributed by atoms with E-state index in [0.717, 1.165) is 5.56 Å². The van der Waals surface area contributed by atoms with Crippen LogP contribution in [0, 0.1) is 6.92 Å². The normalized spacial score (nSPS) is 10.9. The van der Waals surface area contributed by atoms with Gasteiger partial charge in [-0.1, -0.05) is 12.1 Å². The Morgan fingerprint density at radius 3 is 2.21 bits per heavy atom. The summed E-state index contributed by atoms with van der Waals surface area (Å²) in [5.41, 5.74) is 2.01. The van der Waals surface area contributed by atoms with Crippen molar-refractivity contribution in [3.63, 3.8) is 0 Å². The molecule has 0 unspecified atom stereocenters. The van der Waals surface area contributed by atoms with E-state index >= 15 is 0 Å². The van der Waals surface area contributed by atoms with Gasteiger partial charge >= 0.3 is 0 Å². The van der Waals surface area contributed by atoms with E-state index in [1.54, 1.807) is 18.2 Å². The molecule has 24 heavy (non-hydrogen) atoms. The van der Waals surface area contributed by atoms with Crippen LogP contribution in [-0.2, 0) is 19.4 Å². The fourth-order valence-electron chi connectivity index (χ4n) is 2.12. The molecule has 2 amide bonds. The molecule has 0 spiro atoms. The van der Waals surface area contributed by atoms with Crippen LogP contribution in [0.15, 0.2) is 53.4 Å². The molecule has 2 rings (SSSR count). The second-order valence-electron chi connectivity index (χ2n) is 5.38. The zero-order valence-electron chi connectivity index (χ0n) is 13.4. The quantitative estimate of drug-likeness (QED) is 0.869. The van der Waals surface area contributed by atoms with Crippen molar-refractivity contribution in [2.24, 2.45) is 0 Å². The molecule has 0 bridgehead atoms. The number of hydrogen-bond donors (Lipinski definition) is 2. The third-order valence-electron chi connectivity index (χ3n) is 3.16. The fourth-order valence-corrected chi connectivity index (χ4v) is 3.26. The fraction of sp³-hybridized carbons (Fsp3) is 0.176. The summed E-state index contributed by atoms with van der Waals surface area (Å²) >= 11 is 0. The predicted octanol–water partition coefficient (Wildman–Crippen LogP) is 2.37. The van der Waals surface area contributed by atoms with Crippen LogP contribution in [0.5, 0.6) is 0 Å². The van der Waals surface area contributed by atoms with Gasteiger partial charge in [0.15, 0.2) is 9.84 Å². The molecule has 0 aliphatic carbocycles. The number of hydrogen-bond acceptors (Lipinski definition) is 4. The van der Waals surface area contributed by atoms with E-state index in [4.69, 9.17) is 0 Å². The molecule has 0 aliphatic rings. The van der Waals surface area contributed by atoms with Crippen LogP contribution in [0.2, 0.25) is 0 Å². The number of carbonyl (C=O) groups is 2. The standard InChI is InChI=1S/C17H18N2O4S/c1-12-4-3-5-15(10-12)19-17(21)11-24(22,23)16-8-6-14(7-9-16)18-13(2)20/h3-10H,11H2,1-2H3,(H,18,20)(H,19,21). The van der Waals surface area contributed by atoms with E-state index < -0.39 is 21.5 Å². The molecular formula is C17H18N2O4S. The van der Waals surface area contributed by atoms with Gasteiger partial charge in [0.05, 0.1) is 4.90 Å². The Bertz CT molecular complexity index is 858. The van der Waals surface area contributed by atoms with Crippen LogP contribution >= 0.6 is 0 Å². The predicted molar refractivity (Wildman–Crippen MR) is 92.6 cm³/mol. The number of benzene rings is 2. The lowest BCUT2D eigenvalue weighted by atomic mass is 10.2. The Balaban J connectivity index is 2.07. The van der Waals surface area contributed by atoms with Gasteiger partial charge in [0.25, 0.3) is 0 Å². The Morgan fingerprint density at radius 1 is 0.958 bits per heavy atom.